The van der Waals surface area contributed by atoms with Crippen molar-refractivity contribution in [1.82, 2.24) is 9.55 Å². The summed E-state index contributed by atoms with van der Waals surface area (Å²) in [5.74, 6) is 1.37. The molecule has 0 fully saturated rings. The zero-order valence-electron chi connectivity index (χ0n) is 13.2. The van der Waals surface area contributed by atoms with E-state index in [1.807, 2.05) is 24.3 Å². The molecule has 2 aromatic heterocycles. The number of nitrogens with zero attached hydrogens (tertiary/aromatic N) is 3. The molecule has 0 bridgehead atoms. The van der Waals surface area contributed by atoms with E-state index in [2.05, 4.69) is 4.98 Å². The van der Waals surface area contributed by atoms with Gasteiger partial charge in [-0.3, -0.25) is 9.36 Å². The number of rotatable bonds is 3. The maximum atomic E-state index is 12.7. The Morgan fingerprint density at radius 2 is 1.96 bits per heavy atom. The van der Waals surface area contributed by atoms with Crippen molar-refractivity contribution in [3.8, 4) is 5.75 Å². The maximum Gasteiger partial charge on any atom is 0.267 e. The van der Waals surface area contributed by atoms with Gasteiger partial charge in [-0.15, -0.1) is 0 Å². The Bertz CT molecular complexity index is 930. The Morgan fingerprint density at radius 1 is 1.26 bits per heavy atom. The van der Waals surface area contributed by atoms with Crippen LogP contribution in [0.2, 0.25) is 0 Å². The lowest BCUT2D eigenvalue weighted by Gasteiger charge is -2.11. The molecule has 0 aliphatic rings. The molecule has 2 heterocycles. The molecular weight excluding hydrogens is 294 g/mol. The van der Waals surface area contributed by atoms with E-state index in [9.17, 15) is 10.0 Å². The Morgan fingerprint density at radius 3 is 2.61 bits per heavy atom. The maximum absolute atomic E-state index is 12.7. The first-order valence-electron chi connectivity index (χ1n) is 7.23. The van der Waals surface area contributed by atoms with Gasteiger partial charge in [0, 0.05) is 13.0 Å². The highest BCUT2D eigenvalue weighted by Crippen LogP contribution is 2.13. The first-order valence-corrected chi connectivity index (χ1v) is 7.23. The average molecular weight is 311 g/mol. The molecule has 0 radical (unpaired) electrons. The number of ether oxygens (including phenoxy) is 1. The molecule has 3 aromatic rings. The van der Waals surface area contributed by atoms with Crippen molar-refractivity contribution in [1.29, 1.82) is 0 Å². The highest BCUT2D eigenvalue weighted by molar-refractivity contribution is 5.75. The first-order chi connectivity index (χ1) is 11.0. The van der Waals surface area contributed by atoms with Crippen molar-refractivity contribution in [3.63, 3.8) is 0 Å². The van der Waals surface area contributed by atoms with E-state index in [4.69, 9.17) is 4.74 Å². The largest absolute Gasteiger partial charge is 0.618 e. The monoisotopic (exact) mass is 311 g/mol. The minimum absolute atomic E-state index is 0.215. The zero-order valence-corrected chi connectivity index (χ0v) is 13.2. The van der Waals surface area contributed by atoms with E-state index < -0.39 is 0 Å². The van der Waals surface area contributed by atoms with E-state index in [1.54, 1.807) is 31.6 Å². The predicted octanol–water partition coefficient (Wildman–Crippen LogP) is 1.70. The summed E-state index contributed by atoms with van der Waals surface area (Å²) in [6, 6.07) is 9.13. The van der Waals surface area contributed by atoms with Crippen molar-refractivity contribution in [2.75, 3.05) is 7.11 Å². The molecule has 0 amide bonds. The van der Waals surface area contributed by atoms with Crippen molar-refractivity contribution in [2.45, 2.75) is 20.4 Å². The number of benzene rings is 1. The normalized spacial score (nSPS) is 10.9. The van der Waals surface area contributed by atoms with Gasteiger partial charge in [0.2, 0.25) is 0 Å². The van der Waals surface area contributed by atoms with Gasteiger partial charge < -0.3 is 9.94 Å². The fourth-order valence-electron chi connectivity index (χ4n) is 2.51. The van der Waals surface area contributed by atoms with Gasteiger partial charge in [0.1, 0.15) is 17.0 Å². The van der Waals surface area contributed by atoms with E-state index in [1.165, 1.54) is 6.20 Å². The number of hydrogen-bond donors (Lipinski definition) is 0. The average Bonchev–Trinajstić information content (AvgIpc) is 2.54. The Kier molecular flexibility index (Phi) is 3.73. The molecule has 23 heavy (non-hydrogen) atoms. The van der Waals surface area contributed by atoms with Crippen LogP contribution in [0.3, 0.4) is 0 Å². The second-order valence-electron chi connectivity index (χ2n) is 5.44. The van der Waals surface area contributed by atoms with Crippen LogP contribution in [-0.4, -0.2) is 16.7 Å². The van der Waals surface area contributed by atoms with Crippen molar-refractivity contribution < 1.29 is 9.47 Å². The third kappa shape index (κ3) is 2.75. The van der Waals surface area contributed by atoms with E-state index in [-0.39, 0.29) is 5.56 Å². The van der Waals surface area contributed by atoms with Crippen LogP contribution in [0.15, 0.2) is 41.3 Å². The molecule has 3 rings (SSSR count). The fourth-order valence-corrected chi connectivity index (χ4v) is 2.51. The van der Waals surface area contributed by atoms with Crippen LogP contribution < -0.4 is 15.0 Å². The SMILES string of the molecule is COc1ccc(Cn2c(C)nc3cc(C)[n+]([O-])cc3c2=O)cc1. The van der Waals surface area contributed by atoms with Crippen LogP contribution in [-0.2, 0) is 6.54 Å². The lowest BCUT2D eigenvalue weighted by atomic mass is 10.2. The first kappa shape index (κ1) is 15.0. The number of methoxy groups -OCH3 is 1. The van der Waals surface area contributed by atoms with Gasteiger partial charge in [-0.25, -0.2) is 4.98 Å². The molecule has 0 atom stereocenters. The van der Waals surface area contributed by atoms with E-state index in [0.29, 0.717) is 33.7 Å². The number of aromatic nitrogens is 3. The van der Waals surface area contributed by atoms with Gasteiger partial charge in [0.25, 0.3) is 5.56 Å². The van der Waals surface area contributed by atoms with Crippen LogP contribution >= 0.6 is 0 Å². The van der Waals surface area contributed by atoms with Crippen molar-refractivity contribution >= 4 is 10.9 Å². The number of hydrogen-bond acceptors (Lipinski definition) is 4. The number of fused-ring (bicyclic) bond motifs is 1. The molecule has 0 aliphatic heterocycles. The molecular formula is C17H17N3O3. The van der Waals surface area contributed by atoms with Gasteiger partial charge in [-0.05, 0) is 24.6 Å². The van der Waals surface area contributed by atoms with E-state index >= 15 is 0 Å². The van der Waals surface area contributed by atoms with Gasteiger partial charge in [0.05, 0.1) is 19.2 Å². The Balaban J connectivity index is 2.09. The summed E-state index contributed by atoms with van der Waals surface area (Å²) in [7, 11) is 1.61. The highest BCUT2D eigenvalue weighted by atomic mass is 16.5. The van der Waals surface area contributed by atoms with E-state index in [0.717, 1.165) is 11.3 Å². The minimum atomic E-state index is -0.215. The van der Waals surface area contributed by atoms with Crippen LogP contribution in [0.1, 0.15) is 17.1 Å². The van der Waals surface area contributed by atoms with Crippen LogP contribution in [0, 0.1) is 19.1 Å². The summed E-state index contributed by atoms with van der Waals surface area (Å²) >= 11 is 0. The molecule has 0 saturated heterocycles. The highest BCUT2D eigenvalue weighted by Gasteiger charge is 2.13. The summed E-state index contributed by atoms with van der Waals surface area (Å²) in [5.41, 5.74) is 1.80. The summed E-state index contributed by atoms with van der Waals surface area (Å²) in [5, 5.41) is 12.1. The van der Waals surface area contributed by atoms with Crippen LogP contribution in [0.25, 0.3) is 10.9 Å². The fraction of sp³-hybridized carbons (Fsp3) is 0.235. The molecule has 6 heteroatoms. The zero-order chi connectivity index (χ0) is 16.6. The molecule has 118 valence electrons. The lowest BCUT2D eigenvalue weighted by Crippen LogP contribution is -2.32. The quantitative estimate of drug-likeness (QED) is 0.545. The molecule has 0 spiro atoms. The van der Waals surface area contributed by atoms with Gasteiger partial charge in [-0.1, -0.05) is 12.1 Å². The molecule has 6 nitrogen and oxygen atoms in total. The summed E-state index contributed by atoms with van der Waals surface area (Å²) in [4.78, 5) is 17.1. The standard InChI is InChI=1S/C17H17N3O3/c1-11-8-16-15(10-20(11)22)17(21)19(12(2)18-16)9-13-4-6-14(23-3)7-5-13/h4-8,10H,9H2,1-3H3. The molecule has 0 N–H and O–H groups in total. The second kappa shape index (κ2) is 5.72. The third-order valence-electron chi connectivity index (χ3n) is 3.86. The number of pyridine rings is 1. The predicted molar refractivity (Wildman–Crippen MR) is 86.5 cm³/mol. The topological polar surface area (TPSA) is 71.1 Å². The van der Waals surface area contributed by atoms with Gasteiger partial charge >= 0.3 is 0 Å². The van der Waals surface area contributed by atoms with Crippen molar-refractivity contribution in [2.24, 2.45) is 0 Å². The summed E-state index contributed by atoms with van der Waals surface area (Å²) in [6.07, 6.45) is 1.30. The third-order valence-corrected chi connectivity index (χ3v) is 3.86. The molecule has 1 aromatic carbocycles. The summed E-state index contributed by atoms with van der Waals surface area (Å²) in [6.45, 7) is 3.87. The molecule has 0 aliphatic carbocycles. The molecule has 0 saturated carbocycles. The number of aryl methyl sites for hydroxylation is 2. The van der Waals surface area contributed by atoms with Gasteiger partial charge in [0.15, 0.2) is 11.9 Å². The lowest BCUT2D eigenvalue weighted by molar-refractivity contribution is -0.610. The smallest absolute Gasteiger partial charge is 0.267 e. The van der Waals surface area contributed by atoms with Crippen molar-refractivity contribution in [3.05, 3.63) is 69.2 Å². The van der Waals surface area contributed by atoms with Crippen LogP contribution in [0.4, 0.5) is 0 Å². The second-order valence-corrected chi connectivity index (χ2v) is 5.44. The Labute approximate surface area is 133 Å². The molecule has 0 unspecified atom stereocenters. The minimum Gasteiger partial charge on any atom is -0.618 e. The van der Waals surface area contributed by atoms with Crippen LogP contribution in [0.5, 0.6) is 5.75 Å². The summed E-state index contributed by atoms with van der Waals surface area (Å²) < 4.78 is 7.39. The van der Waals surface area contributed by atoms with Gasteiger partial charge in [-0.2, -0.15) is 4.73 Å². The Hall–Kier alpha value is -2.89.